The van der Waals surface area contributed by atoms with Crippen LogP contribution in [0.15, 0.2) is 24.3 Å². The molecule has 0 aromatic heterocycles. The second-order valence-electron chi connectivity index (χ2n) is 8.87. The molecule has 1 aromatic rings. The molecule has 3 fully saturated rings. The molecule has 3 heterocycles. The van der Waals surface area contributed by atoms with E-state index in [1.807, 2.05) is 4.90 Å². The number of nitrogens with one attached hydrogen (secondary N) is 1. The number of nitrogens with zero attached hydrogens (tertiary/aromatic N) is 3. The Morgan fingerprint density at radius 1 is 1.06 bits per heavy atom. The van der Waals surface area contributed by atoms with E-state index in [0.717, 1.165) is 70.9 Å². The number of anilines is 1. The Hall–Kier alpha value is -2.65. The Morgan fingerprint density at radius 3 is 2.52 bits per heavy atom. The van der Waals surface area contributed by atoms with Crippen LogP contribution in [0.25, 0.3) is 0 Å². The largest absolute Gasteiger partial charge is 0.484 e. The van der Waals surface area contributed by atoms with Crippen LogP contribution in [0.4, 0.5) is 5.69 Å². The zero-order valence-corrected chi connectivity index (χ0v) is 19.2. The molecular formula is C24H34N4O5. The first-order chi connectivity index (χ1) is 16.1. The Balaban J connectivity index is 1.19. The molecule has 3 amide bonds. The lowest BCUT2D eigenvalue weighted by atomic mass is 10.1. The van der Waals surface area contributed by atoms with E-state index in [1.165, 1.54) is 0 Å². The van der Waals surface area contributed by atoms with Crippen molar-refractivity contribution in [3.63, 3.8) is 0 Å². The standard InChI is InChI=1S/C24H34N4O5/c29-22-16-19(24(31)25-8-3-9-26-12-14-32-15-13-26)17-28(22)20-4-6-21(7-5-20)33-18-23(30)27-10-1-2-11-27/h4-7,19H,1-3,8-18H2,(H,25,31)/t19-/m1/s1. The van der Waals surface area contributed by atoms with Crippen LogP contribution < -0.4 is 15.0 Å². The summed E-state index contributed by atoms with van der Waals surface area (Å²) < 4.78 is 11.0. The lowest BCUT2D eigenvalue weighted by molar-refractivity contribution is -0.132. The van der Waals surface area contributed by atoms with E-state index in [0.29, 0.717) is 18.8 Å². The second kappa shape index (κ2) is 11.5. The number of carbonyl (C=O) groups excluding carboxylic acids is 3. The first-order valence-electron chi connectivity index (χ1n) is 12.0. The predicted octanol–water partition coefficient (Wildman–Crippen LogP) is 0.879. The third-order valence-corrected chi connectivity index (χ3v) is 6.52. The van der Waals surface area contributed by atoms with E-state index in [-0.39, 0.29) is 36.7 Å². The maximum absolute atomic E-state index is 12.6. The second-order valence-corrected chi connectivity index (χ2v) is 8.87. The van der Waals surface area contributed by atoms with Crippen LogP contribution >= 0.6 is 0 Å². The molecule has 3 aliphatic heterocycles. The normalized spacial score (nSPS) is 21.5. The average molecular weight is 459 g/mol. The van der Waals surface area contributed by atoms with Gasteiger partial charge in [-0.05, 0) is 50.1 Å². The molecule has 9 nitrogen and oxygen atoms in total. The van der Waals surface area contributed by atoms with Crippen molar-refractivity contribution in [2.24, 2.45) is 5.92 Å². The van der Waals surface area contributed by atoms with Crippen LogP contribution in [0.1, 0.15) is 25.7 Å². The Labute approximate surface area is 195 Å². The molecule has 9 heteroatoms. The highest BCUT2D eigenvalue weighted by Crippen LogP contribution is 2.27. The monoisotopic (exact) mass is 458 g/mol. The number of ether oxygens (including phenoxy) is 2. The number of amides is 3. The number of likely N-dealkylation sites (tertiary alicyclic amines) is 1. The van der Waals surface area contributed by atoms with Crippen molar-refractivity contribution >= 4 is 23.4 Å². The van der Waals surface area contributed by atoms with Crippen LogP contribution in [0.2, 0.25) is 0 Å². The van der Waals surface area contributed by atoms with Crippen molar-refractivity contribution in [1.82, 2.24) is 15.1 Å². The molecule has 0 spiro atoms. The van der Waals surface area contributed by atoms with Gasteiger partial charge in [-0.3, -0.25) is 19.3 Å². The summed E-state index contributed by atoms with van der Waals surface area (Å²) in [7, 11) is 0. The van der Waals surface area contributed by atoms with Crippen LogP contribution in [0.5, 0.6) is 5.75 Å². The van der Waals surface area contributed by atoms with Gasteiger partial charge in [-0.25, -0.2) is 0 Å². The molecular weight excluding hydrogens is 424 g/mol. The summed E-state index contributed by atoms with van der Waals surface area (Å²) in [5.41, 5.74) is 0.737. The maximum atomic E-state index is 12.6. The Bertz CT molecular complexity index is 819. The first kappa shape index (κ1) is 23.5. The lowest BCUT2D eigenvalue weighted by Gasteiger charge is -2.26. The van der Waals surface area contributed by atoms with E-state index in [9.17, 15) is 14.4 Å². The zero-order valence-electron chi connectivity index (χ0n) is 19.2. The minimum Gasteiger partial charge on any atom is -0.484 e. The highest BCUT2D eigenvalue weighted by Gasteiger charge is 2.35. The predicted molar refractivity (Wildman–Crippen MR) is 123 cm³/mol. The van der Waals surface area contributed by atoms with Gasteiger partial charge in [0.1, 0.15) is 5.75 Å². The summed E-state index contributed by atoms with van der Waals surface area (Å²) in [5.74, 6) is 0.141. The van der Waals surface area contributed by atoms with E-state index < -0.39 is 0 Å². The highest BCUT2D eigenvalue weighted by atomic mass is 16.5. The van der Waals surface area contributed by atoms with Crippen LogP contribution in [0, 0.1) is 5.92 Å². The topological polar surface area (TPSA) is 91.4 Å². The third kappa shape index (κ3) is 6.45. The fourth-order valence-electron chi connectivity index (χ4n) is 4.54. The number of rotatable bonds is 9. The summed E-state index contributed by atoms with van der Waals surface area (Å²) in [6.45, 7) is 7.00. The SMILES string of the molecule is O=C(NCCCN1CCOCC1)[C@@H]1CC(=O)N(c2ccc(OCC(=O)N3CCCC3)cc2)C1. The average Bonchev–Trinajstić information content (AvgIpc) is 3.52. The van der Waals surface area contributed by atoms with E-state index >= 15 is 0 Å². The van der Waals surface area contributed by atoms with Crippen LogP contribution in [0.3, 0.4) is 0 Å². The third-order valence-electron chi connectivity index (χ3n) is 6.52. The van der Waals surface area contributed by atoms with Crippen molar-refractivity contribution in [3.05, 3.63) is 24.3 Å². The fraction of sp³-hybridized carbons (Fsp3) is 0.625. The van der Waals surface area contributed by atoms with Crippen molar-refractivity contribution in [1.29, 1.82) is 0 Å². The van der Waals surface area contributed by atoms with Crippen molar-refractivity contribution in [2.75, 3.05) is 70.5 Å². The molecule has 180 valence electrons. The molecule has 1 N–H and O–H groups in total. The van der Waals surface area contributed by atoms with Gasteiger partial charge in [0.05, 0.1) is 19.1 Å². The quantitative estimate of drug-likeness (QED) is 0.553. The zero-order chi connectivity index (χ0) is 23.0. The molecule has 1 aromatic carbocycles. The van der Waals surface area contributed by atoms with E-state index in [4.69, 9.17) is 9.47 Å². The van der Waals surface area contributed by atoms with Crippen LogP contribution in [-0.2, 0) is 19.1 Å². The van der Waals surface area contributed by atoms with Gasteiger partial charge in [0.25, 0.3) is 5.91 Å². The molecule has 0 aliphatic carbocycles. The molecule has 0 unspecified atom stereocenters. The molecule has 0 radical (unpaired) electrons. The minimum atomic E-state index is -0.338. The maximum Gasteiger partial charge on any atom is 0.260 e. The molecule has 0 saturated carbocycles. The fourth-order valence-corrected chi connectivity index (χ4v) is 4.54. The molecule has 1 atom stereocenters. The number of hydrogen-bond donors (Lipinski definition) is 1. The van der Waals surface area contributed by atoms with Gasteiger partial charge in [-0.15, -0.1) is 0 Å². The Morgan fingerprint density at radius 2 is 1.79 bits per heavy atom. The first-order valence-corrected chi connectivity index (χ1v) is 12.0. The number of hydrogen-bond acceptors (Lipinski definition) is 6. The molecule has 3 saturated heterocycles. The van der Waals surface area contributed by atoms with Gasteiger partial charge in [0.2, 0.25) is 11.8 Å². The van der Waals surface area contributed by atoms with E-state index in [1.54, 1.807) is 29.2 Å². The van der Waals surface area contributed by atoms with E-state index in [2.05, 4.69) is 10.2 Å². The number of carbonyl (C=O) groups is 3. The van der Waals surface area contributed by atoms with Gasteiger partial charge in [0.15, 0.2) is 6.61 Å². The van der Waals surface area contributed by atoms with Crippen LogP contribution in [-0.4, -0.2) is 93.2 Å². The summed E-state index contributed by atoms with van der Waals surface area (Å²) in [6, 6.07) is 7.13. The molecule has 0 bridgehead atoms. The van der Waals surface area contributed by atoms with Gasteiger partial charge >= 0.3 is 0 Å². The molecule has 4 rings (SSSR count). The highest BCUT2D eigenvalue weighted by molar-refractivity contribution is 6.00. The molecule has 33 heavy (non-hydrogen) atoms. The van der Waals surface area contributed by atoms with Gasteiger partial charge < -0.3 is 24.6 Å². The van der Waals surface area contributed by atoms with Gasteiger partial charge in [0, 0.05) is 51.4 Å². The van der Waals surface area contributed by atoms with Crippen molar-refractivity contribution in [2.45, 2.75) is 25.7 Å². The smallest absolute Gasteiger partial charge is 0.260 e. The number of benzene rings is 1. The van der Waals surface area contributed by atoms with Crippen molar-refractivity contribution < 1.29 is 23.9 Å². The molecule has 3 aliphatic rings. The summed E-state index contributed by atoms with van der Waals surface area (Å²) in [5, 5.41) is 2.98. The summed E-state index contributed by atoms with van der Waals surface area (Å²) >= 11 is 0. The van der Waals surface area contributed by atoms with Gasteiger partial charge in [-0.2, -0.15) is 0 Å². The minimum absolute atomic E-state index is 0.00472. The summed E-state index contributed by atoms with van der Waals surface area (Å²) in [6.07, 6.45) is 3.21. The Kier molecular flexibility index (Phi) is 8.17. The van der Waals surface area contributed by atoms with Crippen molar-refractivity contribution in [3.8, 4) is 5.75 Å². The summed E-state index contributed by atoms with van der Waals surface area (Å²) in [4.78, 5) is 43.0. The van der Waals surface area contributed by atoms with Gasteiger partial charge in [-0.1, -0.05) is 0 Å². The lowest BCUT2D eigenvalue weighted by Crippen LogP contribution is -2.39. The number of morpholine rings is 1.